The highest BCUT2D eigenvalue weighted by Crippen LogP contribution is 2.33. The summed E-state index contributed by atoms with van der Waals surface area (Å²) in [6.45, 7) is 4.28. The molecule has 1 heterocycles. The number of rotatable bonds is 9. The molecule has 12 heteroatoms. The number of para-hydroxylation sites is 1. The monoisotopic (exact) mass is 581 g/mol. The predicted octanol–water partition coefficient (Wildman–Crippen LogP) is 6.50. The zero-order valence-electron chi connectivity index (χ0n) is 22.7. The number of hydrogen-bond donors (Lipinski definition) is 4. The molecular formula is C30H26F3N3O6. The second kappa shape index (κ2) is 11.8. The quantitative estimate of drug-likeness (QED) is 0.0997. The van der Waals surface area contributed by atoms with E-state index in [1.165, 1.54) is 31.2 Å². The van der Waals surface area contributed by atoms with E-state index in [1.54, 1.807) is 37.3 Å². The lowest BCUT2D eigenvalue weighted by Gasteiger charge is -2.19. The van der Waals surface area contributed by atoms with Crippen molar-refractivity contribution in [2.75, 3.05) is 17.4 Å². The molecule has 9 nitrogen and oxygen atoms in total. The third kappa shape index (κ3) is 6.43. The van der Waals surface area contributed by atoms with Crippen LogP contribution in [0.1, 0.15) is 46.9 Å². The van der Waals surface area contributed by atoms with Gasteiger partial charge in [-0.2, -0.15) is 13.2 Å². The number of hydrogen-bond acceptors (Lipinski definition) is 8. The van der Waals surface area contributed by atoms with Crippen molar-refractivity contribution < 1.29 is 37.0 Å². The molecule has 42 heavy (non-hydrogen) atoms. The molecule has 0 aliphatic carbocycles. The Hall–Kier alpha value is -5.13. The Bertz CT molecular complexity index is 1760. The second-order valence-corrected chi connectivity index (χ2v) is 9.56. The van der Waals surface area contributed by atoms with Gasteiger partial charge in [0.15, 0.2) is 12.2 Å². The fraction of sp³-hybridized carbons (Fsp3) is 0.200. The highest BCUT2D eigenvalue weighted by molar-refractivity contribution is 6.02. The van der Waals surface area contributed by atoms with Crippen molar-refractivity contribution in [2.45, 2.75) is 33.0 Å². The van der Waals surface area contributed by atoms with Gasteiger partial charge in [-0.15, -0.1) is 0 Å². The number of carboxylic acid groups (broad SMARTS) is 1. The van der Waals surface area contributed by atoms with Crippen LogP contribution in [0.3, 0.4) is 0 Å². The Labute approximate surface area is 237 Å². The van der Waals surface area contributed by atoms with E-state index in [9.17, 15) is 32.7 Å². The molecule has 4 N–H and O–H groups in total. The maximum absolute atomic E-state index is 13.2. The van der Waals surface area contributed by atoms with Crippen molar-refractivity contribution in [2.24, 2.45) is 0 Å². The van der Waals surface area contributed by atoms with Gasteiger partial charge in [0.05, 0.1) is 17.0 Å². The van der Waals surface area contributed by atoms with E-state index in [2.05, 4.69) is 15.4 Å². The minimum Gasteiger partial charge on any atom is -0.478 e. The Balaban J connectivity index is 1.75. The third-order valence-electron chi connectivity index (χ3n) is 6.40. The first-order valence-electron chi connectivity index (χ1n) is 12.6. The number of ether oxygens (including phenoxy) is 1. The summed E-state index contributed by atoms with van der Waals surface area (Å²) >= 11 is 0. The van der Waals surface area contributed by atoms with Crippen molar-refractivity contribution >= 4 is 40.0 Å². The zero-order valence-corrected chi connectivity index (χ0v) is 22.7. The minimum absolute atomic E-state index is 0.0750. The Kier molecular flexibility index (Phi) is 8.36. The molecule has 4 aromatic rings. The summed E-state index contributed by atoms with van der Waals surface area (Å²) in [5, 5.41) is 23.6. The number of carbonyl (C=O) groups is 2. The molecule has 1 aromatic heterocycles. The molecule has 0 aliphatic heterocycles. The highest BCUT2D eigenvalue weighted by Gasteiger charge is 2.40. The fourth-order valence-corrected chi connectivity index (χ4v) is 4.44. The summed E-state index contributed by atoms with van der Waals surface area (Å²) in [6.07, 6.45) is -5.16. The third-order valence-corrected chi connectivity index (χ3v) is 6.40. The van der Waals surface area contributed by atoms with Crippen LogP contribution < -0.4 is 16.1 Å². The fourth-order valence-electron chi connectivity index (χ4n) is 4.44. The molecule has 4 rings (SSSR count). The summed E-state index contributed by atoms with van der Waals surface area (Å²) < 4.78 is 48.0. The molecular weight excluding hydrogens is 555 g/mol. The molecule has 0 amide bonds. The largest absolute Gasteiger partial charge is 0.490 e. The molecule has 0 aliphatic rings. The molecule has 0 saturated carbocycles. The van der Waals surface area contributed by atoms with Gasteiger partial charge in [-0.05, 0) is 50.6 Å². The number of anilines is 2. The summed E-state index contributed by atoms with van der Waals surface area (Å²) in [7, 11) is 0. The van der Waals surface area contributed by atoms with E-state index < -0.39 is 30.9 Å². The Morgan fingerprint density at radius 1 is 1.05 bits per heavy atom. The van der Waals surface area contributed by atoms with Crippen molar-refractivity contribution in [3.05, 3.63) is 93.1 Å². The topological polar surface area (TPSA) is 142 Å². The highest BCUT2D eigenvalue weighted by atomic mass is 19.4. The van der Waals surface area contributed by atoms with Crippen molar-refractivity contribution in [1.82, 2.24) is 0 Å². The predicted molar refractivity (Wildman–Crippen MR) is 151 cm³/mol. The van der Waals surface area contributed by atoms with E-state index in [-0.39, 0.29) is 33.7 Å². The number of benzene rings is 3. The number of esters is 1. The molecule has 0 saturated heterocycles. The van der Waals surface area contributed by atoms with Crippen molar-refractivity contribution in [3.8, 4) is 11.3 Å². The summed E-state index contributed by atoms with van der Waals surface area (Å²) in [6, 6.07) is 15.3. The molecule has 0 fully saturated rings. The van der Waals surface area contributed by atoms with Crippen LogP contribution in [0.2, 0.25) is 0 Å². The van der Waals surface area contributed by atoms with Crippen LogP contribution in [0.15, 0.2) is 69.9 Å². The smallest absolute Gasteiger partial charge is 0.478 e. The summed E-state index contributed by atoms with van der Waals surface area (Å²) in [5.74, 6) is -3.33. The van der Waals surface area contributed by atoms with E-state index in [0.29, 0.717) is 27.8 Å². The zero-order chi connectivity index (χ0) is 30.8. The van der Waals surface area contributed by atoms with Crippen molar-refractivity contribution in [3.63, 3.8) is 0 Å². The van der Waals surface area contributed by atoms with E-state index in [0.717, 1.165) is 5.56 Å². The second-order valence-electron chi connectivity index (χ2n) is 9.56. The van der Waals surface area contributed by atoms with Gasteiger partial charge in [0.2, 0.25) is 0 Å². The number of aromatic carboxylic acids is 1. The standard InChI is InChI=1S/C30H26F3N3O6/c1-15-10-21(17(3)36-23-7-5-4-6-20(23)28(38)39)27-22(11-15)25(37)13-26(42-27)18-8-9-19(16(2)34)24(12-18)35-14-41-29(40)30(31,32)33/h4-13,17,34-36H,14H2,1-3H3,(H,38,39). The van der Waals surface area contributed by atoms with E-state index >= 15 is 0 Å². The maximum atomic E-state index is 13.2. The molecule has 1 unspecified atom stereocenters. The normalized spacial score (nSPS) is 12.0. The van der Waals surface area contributed by atoms with Crippen molar-refractivity contribution in [1.29, 1.82) is 5.41 Å². The van der Waals surface area contributed by atoms with Crippen LogP contribution >= 0.6 is 0 Å². The number of carbonyl (C=O) groups excluding carboxylic acids is 1. The van der Waals surface area contributed by atoms with Gasteiger partial charge in [0, 0.05) is 39.8 Å². The Morgan fingerprint density at radius 2 is 1.76 bits per heavy atom. The summed E-state index contributed by atoms with van der Waals surface area (Å²) in [5.41, 5.74) is 2.70. The van der Waals surface area contributed by atoms with E-state index in [1.807, 2.05) is 13.0 Å². The van der Waals surface area contributed by atoms with Gasteiger partial charge >= 0.3 is 18.1 Å². The molecule has 3 aromatic carbocycles. The number of carboxylic acids is 1. The average molecular weight is 582 g/mol. The number of alkyl halides is 3. The lowest BCUT2D eigenvalue weighted by Crippen LogP contribution is -2.27. The van der Waals surface area contributed by atoms with Crippen LogP contribution in [0.4, 0.5) is 24.5 Å². The number of halogens is 3. The molecule has 0 radical (unpaired) electrons. The molecule has 0 bridgehead atoms. The van der Waals surface area contributed by atoms with Gasteiger partial charge in [0.1, 0.15) is 11.3 Å². The first-order valence-corrected chi connectivity index (χ1v) is 12.6. The van der Waals surface area contributed by atoms with Crippen LogP contribution in [-0.4, -0.2) is 35.7 Å². The molecule has 1 atom stereocenters. The van der Waals surface area contributed by atoms with Crippen LogP contribution in [0.5, 0.6) is 0 Å². The maximum Gasteiger partial charge on any atom is 0.490 e. The lowest BCUT2D eigenvalue weighted by molar-refractivity contribution is -0.198. The van der Waals surface area contributed by atoms with Gasteiger partial charge in [-0.1, -0.05) is 30.3 Å². The van der Waals surface area contributed by atoms with Gasteiger partial charge < -0.3 is 30.3 Å². The van der Waals surface area contributed by atoms with Crippen LogP contribution in [-0.2, 0) is 9.53 Å². The van der Waals surface area contributed by atoms with Gasteiger partial charge in [0.25, 0.3) is 0 Å². The number of fused-ring (bicyclic) bond motifs is 1. The first kappa shape index (κ1) is 29.8. The SMILES string of the molecule is CC(=N)c1ccc(-c2cc(=O)c3cc(C)cc(C(C)Nc4ccccc4C(=O)O)c3o2)cc1NCOC(=O)C(F)(F)F. The minimum atomic E-state index is -5.16. The summed E-state index contributed by atoms with van der Waals surface area (Å²) in [4.78, 5) is 36.0. The Morgan fingerprint density at radius 3 is 2.43 bits per heavy atom. The molecule has 218 valence electrons. The van der Waals surface area contributed by atoms with Gasteiger partial charge in [-0.25, -0.2) is 9.59 Å². The van der Waals surface area contributed by atoms with Crippen LogP contribution in [0, 0.1) is 12.3 Å². The van der Waals surface area contributed by atoms with Crippen LogP contribution in [0.25, 0.3) is 22.3 Å². The number of aryl methyl sites for hydroxylation is 1. The number of nitrogens with one attached hydrogen (secondary N) is 3. The lowest BCUT2D eigenvalue weighted by atomic mass is 9.99. The first-order chi connectivity index (χ1) is 19.8. The average Bonchev–Trinajstić information content (AvgIpc) is 2.92. The van der Waals surface area contributed by atoms with E-state index in [4.69, 9.17) is 9.83 Å². The van der Waals surface area contributed by atoms with Gasteiger partial charge in [-0.3, -0.25) is 4.79 Å². The molecule has 0 spiro atoms.